The van der Waals surface area contributed by atoms with E-state index in [-0.39, 0.29) is 6.42 Å². The van der Waals surface area contributed by atoms with Crippen LogP contribution in [0.5, 0.6) is 5.88 Å². The Morgan fingerprint density at radius 3 is 3.00 bits per heavy atom. The second-order valence-corrected chi connectivity index (χ2v) is 2.51. The zero-order valence-corrected chi connectivity index (χ0v) is 7.14. The molecule has 0 fully saturated rings. The van der Waals surface area contributed by atoms with Gasteiger partial charge in [0.05, 0.1) is 6.61 Å². The molecule has 0 radical (unpaired) electrons. The van der Waals surface area contributed by atoms with E-state index in [0.717, 1.165) is 0 Å². The van der Waals surface area contributed by atoms with E-state index in [1.165, 1.54) is 0 Å². The number of rotatable bonds is 5. The van der Waals surface area contributed by atoms with Crippen molar-refractivity contribution < 1.29 is 14.6 Å². The Labute approximate surface area is 76.2 Å². The molecule has 70 valence electrons. The van der Waals surface area contributed by atoms with Gasteiger partial charge >= 0.3 is 5.97 Å². The number of aromatic nitrogens is 1. The third-order valence-corrected chi connectivity index (χ3v) is 1.42. The lowest BCUT2D eigenvalue weighted by Crippen LogP contribution is -2.02. The molecule has 0 amide bonds. The molecule has 1 heterocycles. The van der Waals surface area contributed by atoms with Crippen molar-refractivity contribution in [3.05, 3.63) is 24.4 Å². The molecule has 4 nitrogen and oxygen atoms in total. The lowest BCUT2D eigenvalue weighted by Gasteiger charge is -2.02. The lowest BCUT2D eigenvalue weighted by atomic mass is 10.3. The van der Waals surface area contributed by atoms with Gasteiger partial charge in [0.1, 0.15) is 0 Å². The Hall–Kier alpha value is -1.58. The van der Waals surface area contributed by atoms with Crippen molar-refractivity contribution in [2.75, 3.05) is 6.61 Å². The fourth-order valence-electron chi connectivity index (χ4n) is 0.833. The topological polar surface area (TPSA) is 59.4 Å². The van der Waals surface area contributed by atoms with E-state index in [4.69, 9.17) is 9.84 Å². The molecule has 13 heavy (non-hydrogen) atoms. The van der Waals surface area contributed by atoms with Crippen LogP contribution in [-0.4, -0.2) is 22.7 Å². The molecule has 0 saturated heterocycles. The van der Waals surface area contributed by atoms with Gasteiger partial charge in [-0.05, 0) is 12.5 Å². The van der Waals surface area contributed by atoms with Crippen LogP contribution in [0.1, 0.15) is 12.8 Å². The van der Waals surface area contributed by atoms with Crippen LogP contribution < -0.4 is 4.74 Å². The van der Waals surface area contributed by atoms with Gasteiger partial charge in [-0.3, -0.25) is 4.79 Å². The molecule has 0 unspecified atom stereocenters. The molecule has 0 aliphatic rings. The molecule has 1 N–H and O–H groups in total. The summed E-state index contributed by atoms with van der Waals surface area (Å²) in [5, 5.41) is 8.34. The van der Waals surface area contributed by atoms with Crippen LogP contribution in [0.2, 0.25) is 0 Å². The highest BCUT2D eigenvalue weighted by Gasteiger charge is 1.97. The largest absolute Gasteiger partial charge is 0.481 e. The maximum Gasteiger partial charge on any atom is 0.303 e. The summed E-state index contributed by atoms with van der Waals surface area (Å²) in [5.74, 6) is -0.266. The third-order valence-electron chi connectivity index (χ3n) is 1.42. The van der Waals surface area contributed by atoms with Crippen molar-refractivity contribution in [1.29, 1.82) is 0 Å². The van der Waals surface area contributed by atoms with E-state index in [9.17, 15) is 4.79 Å². The maximum absolute atomic E-state index is 10.1. The summed E-state index contributed by atoms with van der Waals surface area (Å²) in [6.45, 7) is 0.392. The van der Waals surface area contributed by atoms with Gasteiger partial charge in [0.25, 0.3) is 0 Å². The fraction of sp³-hybridized carbons (Fsp3) is 0.333. The van der Waals surface area contributed by atoms with Crippen LogP contribution in [0.3, 0.4) is 0 Å². The molecular formula is C9H11NO3. The first-order valence-electron chi connectivity index (χ1n) is 4.04. The third kappa shape index (κ3) is 4.10. The van der Waals surface area contributed by atoms with Gasteiger partial charge in [-0.1, -0.05) is 6.07 Å². The summed E-state index contributed by atoms with van der Waals surface area (Å²) in [4.78, 5) is 14.1. The van der Waals surface area contributed by atoms with E-state index in [0.29, 0.717) is 18.9 Å². The van der Waals surface area contributed by atoms with Crippen LogP contribution in [0.15, 0.2) is 24.4 Å². The van der Waals surface area contributed by atoms with Gasteiger partial charge < -0.3 is 9.84 Å². The molecule has 0 aliphatic heterocycles. The van der Waals surface area contributed by atoms with Crippen molar-refractivity contribution in [2.45, 2.75) is 12.8 Å². The lowest BCUT2D eigenvalue weighted by molar-refractivity contribution is -0.137. The van der Waals surface area contributed by atoms with Crippen molar-refractivity contribution in [3.63, 3.8) is 0 Å². The Balaban J connectivity index is 2.17. The molecule has 1 aromatic heterocycles. The van der Waals surface area contributed by atoms with Gasteiger partial charge in [0.2, 0.25) is 5.88 Å². The second kappa shape index (κ2) is 5.13. The van der Waals surface area contributed by atoms with Gasteiger partial charge in [-0.15, -0.1) is 0 Å². The summed E-state index contributed by atoms with van der Waals surface area (Å²) in [6, 6.07) is 5.35. The van der Waals surface area contributed by atoms with Crippen LogP contribution in [-0.2, 0) is 4.79 Å². The second-order valence-electron chi connectivity index (χ2n) is 2.51. The molecule has 4 heteroatoms. The Bertz CT molecular complexity index is 261. The highest BCUT2D eigenvalue weighted by atomic mass is 16.5. The average Bonchev–Trinajstić information content (AvgIpc) is 2.14. The molecule has 0 aromatic carbocycles. The first-order chi connectivity index (χ1) is 6.29. The highest BCUT2D eigenvalue weighted by Crippen LogP contribution is 2.03. The van der Waals surface area contributed by atoms with Crippen LogP contribution in [0, 0.1) is 0 Å². The molecule has 0 bridgehead atoms. The number of ether oxygens (including phenoxy) is 1. The number of hydrogen-bond donors (Lipinski definition) is 1. The fourth-order valence-corrected chi connectivity index (χ4v) is 0.833. The Morgan fingerprint density at radius 2 is 2.38 bits per heavy atom. The first kappa shape index (κ1) is 9.51. The van der Waals surface area contributed by atoms with Gasteiger partial charge in [0.15, 0.2) is 0 Å². The first-order valence-corrected chi connectivity index (χ1v) is 4.04. The maximum atomic E-state index is 10.1. The zero-order valence-electron chi connectivity index (χ0n) is 7.14. The van der Waals surface area contributed by atoms with E-state index < -0.39 is 5.97 Å². The number of carboxylic acid groups (broad SMARTS) is 1. The number of pyridine rings is 1. The number of carbonyl (C=O) groups is 1. The molecule has 1 rings (SSSR count). The van der Waals surface area contributed by atoms with Crippen molar-refractivity contribution in [3.8, 4) is 5.88 Å². The average molecular weight is 181 g/mol. The summed E-state index contributed by atoms with van der Waals surface area (Å²) < 4.78 is 5.18. The quantitative estimate of drug-likeness (QED) is 0.696. The SMILES string of the molecule is O=C(O)CCCOc1ccccn1. The predicted molar refractivity (Wildman–Crippen MR) is 46.6 cm³/mol. The highest BCUT2D eigenvalue weighted by molar-refractivity contribution is 5.66. The molecule has 0 saturated carbocycles. The summed E-state index contributed by atoms with van der Waals surface area (Å²) in [7, 11) is 0. The minimum Gasteiger partial charge on any atom is -0.481 e. The monoisotopic (exact) mass is 181 g/mol. The number of carboxylic acids is 1. The number of aliphatic carboxylic acids is 1. The van der Waals surface area contributed by atoms with E-state index in [1.807, 2.05) is 6.07 Å². The van der Waals surface area contributed by atoms with Crippen LogP contribution in [0.25, 0.3) is 0 Å². The number of nitrogens with zero attached hydrogens (tertiary/aromatic N) is 1. The molecule has 1 aromatic rings. The van der Waals surface area contributed by atoms with E-state index in [2.05, 4.69) is 4.98 Å². The summed E-state index contributed by atoms with van der Waals surface area (Å²) in [5.41, 5.74) is 0. The Kier molecular flexibility index (Phi) is 3.75. The summed E-state index contributed by atoms with van der Waals surface area (Å²) >= 11 is 0. The van der Waals surface area contributed by atoms with Crippen LogP contribution >= 0.6 is 0 Å². The summed E-state index contributed by atoms with van der Waals surface area (Å²) in [6.07, 6.45) is 2.27. The van der Waals surface area contributed by atoms with Gasteiger partial charge in [-0.25, -0.2) is 4.98 Å². The minimum absolute atomic E-state index is 0.132. The van der Waals surface area contributed by atoms with Crippen molar-refractivity contribution in [2.24, 2.45) is 0 Å². The smallest absolute Gasteiger partial charge is 0.303 e. The molecule has 0 aliphatic carbocycles. The normalized spacial score (nSPS) is 9.54. The van der Waals surface area contributed by atoms with E-state index in [1.54, 1.807) is 18.3 Å². The zero-order chi connectivity index (χ0) is 9.52. The number of hydrogen-bond acceptors (Lipinski definition) is 3. The Morgan fingerprint density at radius 1 is 1.54 bits per heavy atom. The minimum atomic E-state index is -0.801. The van der Waals surface area contributed by atoms with Crippen molar-refractivity contribution >= 4 is 5.97 Å². The molecular weight excluding hydrogens is 170 g/mol. The standard InChI is InChI=1S/C9H11NO3/c11-9(12)5-3-7-13-8-4-1-2-6-10-8/h1-2,4,6H,3,5,7H2,(H,11,12). The molecule has 0 atom stereocenters. The van der Waals surface area contributed by atoms with Crippen LogP contribution in [0.4, 0.5) is 0 Å². The predicted octanol–water partition coefficient (Wildman–Crippen LogP) is 1.33. The van der Waals surface area contributed by atoms with Gasteiger partial charge in [0, 0.05) is 18.7 Å². The molecule has 0 spiro atoms. The van der Waals surface area contributed by atoms with Gasteiger partial charge in [-0.2, -0.15) is 0 Å². The van der Waals surface area contributed by atoms with Crippen molar-refractivity contribution in [1.82, 2.24) is 4.98 Å². The van der Waals surface area contributed by atoms with E-state index >= 15 is 0 Å².